The number of alkyl halides is 1. The summed E-state index contributed by atoms with van der Waals surface area (Å²) in [6.45, 7) is 5.13. The van der Waals surface area contributed by atoms with Crippen molar-refractivity contribution in [2.75, 3.05) is 54.9 Å². The van der Waals surface area contributed by atoms with Gasteiger partial charge in [0.05, 0.1) is 34.7 Å². The Bertz CT molecular complexity index is 3100. The maximum absolute atomic E-state index is 13.6. The third-order valence-corrected chi connectivity index (χ3v) is 13.3. The summed E-state index contributed by atoms with van der Waals surface area (Å²) in [7, 11) is 3.52. The first-order chi connectivity index (χ1) is 31.6. The van der Waals surface area contributed by atoms with Crippen LogP contribution < -0.4 is 31.4 Å². The monoisotopic (exact) mass is 874 g/mol. The molecule has 11 rings (SSSR count). The number of carbonyl (C=O) groups excluding carboxylic acids is 3. The van der Waals surface area contributed by atoms with E-state index in [4.69, 9.17) is 10.1 Å². The van der Waals surface area contributed by atoms with Crippen molar-refractivity contribution >= 4 is 57.3 Å². The van der Waals surface area contributed by atoms with E-state index in [1.165, 1.54) is 20.8 Å². The third-order valence-electron chi connectivity index (χ3n) is 13.3. The minimum atomic E-state index is -1.01. The fourth-order valence-electron chi connectivity index (χ4n) is 9.63. The van der Waals surface area contributed by atoms with Gasteiger partial charge in [-0.15, -0.1) is 5.10 Å². The number of aryl methyl sites for hydroxylation is 1. The molecule has 0 radical (unpaired) electrons. The minimum Gasteiger partial charge on any atom is -0.385 e. The Morgan fingerprint density at radius 1 is 0.877 bits per heavy atom. The number of benzene rings is 3. The molecule has 65 heavy (non-hydrogen) atoms. The van der Waals surface area contributed by atoms with Gasteiger partial charge in [-0.1, -0.05) is 36.4 Å². The number of nitrogens with zero attached hydrogens (tertiary/aromatic N) is 9. The summed E-state index contributed by atoms with van der Waals surface area (Å²) < 4.78 is 18.2. The molecule has 3 atom stereocenters. The molecule has 1 unspecified atom stereocenters. The van der Waals surface area contributed by atoms with Gasteiger partial charge in [0.2, 0.25) is 11.8 Å². The van der Waals surface area contributed by atoms with E-state index in [9.17, 15) is 23.6 Å². The number of fused-ring (bicyclic) bond motifs is 3. The molecule has 3 aliphatic heterocycles. The van der Waals surface area contributed by atoms with Crippen LogP contribution in [0.3, 0.4) is 0 Å². The third kappa shape index (κ3) is 7.25. The van der Waals surface area contributed by atoms with Crippen LogP contribution in [0.1, 0.15) is 46.9 Å². The average molecular weight is 875 g/mol. The minimum absolute atomic E-state index is 0.201. The van der Waals surface area contributed by atoms with Gasteiger partial charge in [-0.25, -0.2) is 18.7 Å². The van der Waals surface area contributed by atoms with E-state index in [0.29, 0.717) is 36.4 Å². The standard InChI is InChI=1S/C48H47FN12O4/c1-50-37-24-43(55-61-42(26-52-45(37)61)47(64)53-36-23-34(36)49)59-17-16-33-32(4-3-5-38(33)59)35-12-6-28(25-51-35)27-57-18-20-58(21-19-57)31-10-7-29(8-11-31)30-9-13-39-41(22-30)56(2)48(65)60(39)40-14-15-44(62)54-46(40)63/h3-13,22,24-26,34,36,40,50H,14-21,23,27H2,1-2H3,(H,53,64)(H,54,62,63)/t34-,36+,40?/m0/s1. The molecule has 3 fully saturated rings. The van der Waals surface area contributed by atoms with Crippen LogP contribution in [0.4, 0.5) is 27.3 Å². The first-order valence-corrected chi connectivity index (χ1v) is 22.1. The molecule has 4 aliphatic rings. The number of amides is 3. The fourth-order valence-corrected chi connectivity index (χ4v) is 9.63. The Labute approximate surface area is 372 Å². The zero-order valence-electron chi connectivity index (χ0n) is 36.0. The molecule has 3 amide bonds. The van der Waals surface area contributed by atoms with Crippen molar-refractivity contribution < 1.29 is 18.8 Å². The van der Waals surface area contributed by atoms with Gasteiger partial charge in [0.15, 0.2) is 17.2 Å². The summed E-state index contributed by atoms with van der Waals surface area (Å²) in [5.41, 5.74) is 11.1. The summed E-state index contributed by atoms with van der Waals surface area (Å²) in [5, 5.41) is 13.2. The van der Waals surface area contributed by atoms with E-state index in [1.807, 2.05) is 43.6 Å². The summed E-state index contributed by atoms with van der Waals surface area (Å²) in [5.74, 6) is -0.479. The predicted octanol–water partition coefficient (Wildman–Crippen LogP) is 4.99. The molecular formula is C48H47FN12O4. The predicted molar refractivity (Wildman–Crippen MR) is 245 cm³/mol. The molecule has 1 saturated carbocycles. The molecule has 7 aromatic rings. The lowest BCUT2D eigenvalue weighted by atomic mass is 10.0. The fraction of sp³-hybridized carbons (Fsp3) is 0.312. The molecule has 0 spiro atoms. The van der Waals surface area contributed by atoms with Crippen LogP contribution in [0.25, 0.3) is 39.1 Å². The van der Waals surface area contributed by atoms with E-state index in [2.05, 4.69) is 84.2 Å². The molecule has 0 bridgehead atoms. The molecule has 1 aliphatic carbocycles. The summed E-state index contributed by atoms with van der Waals surface area (Å²) >= 11 is 0. The first kappa shape index (κ1) is 40.4. The van der Waals surface area contributed by atoms with Crippen LogP contribution in [-0.2, 0) is 29.6 Å². The van der Waals surface area contributed by atoms with Crippen molar-refractivity contribution in [1.82, 2.24) is 44.2 Å². The number of piperazine rings is 1. The lowest BCUT2D eigenvalue weighted by molar-refractivity contribution is -0.135. The molecule has 330 valence electrons. The number of pyridine rings is 1. The van der Waals surface area contributed by atoms with Crippen molar-refractivity contribution in [2.24, 2.45) is 7.05 Å². The van der Waals surface area contributed by atoms with Gasteiger partial charge in [-0.3, -0.25) is 38.7 Å². The van der Waals surface area contributed by atoms with Crippen LogP contribution >= 0.6 is 0 Å². The van der Waals surface area contributed by atoms with E-state index in [0.717, 1.165) is 89.7 Å². The largest absolute Gasteiger partial charge is 0.385 e. The number of hydrogen-bond donors (Lipinski definition) is 3. The lowest BCUT2D eigenvalue weighted by Crippen LogP contribution is -2.45. The number of nitrogens with one attached hydrogen (secondary N) is 3. The molecule has 2 saturated heterocycles. The summed E-state index contributed by atoms with van der Waals surface area (Å²) in [6.07, 6.45) is 4.08. The maximum atomic E-state index is 13.6. The highest BCUT2D eigenvalue weighted by molar-refractivity contribution is 6.00. The number of halogens is 1. The van der Waals surface area contributed by atoms with Crippen molar-refractivity contribution in [3.05, 3.63) is 119 Å². The van der Waals surface area contributed by atoms with Crippen LogP contribution in [0.15, 0.2) is 96.1 Å². The first-order valence-electron chi connectivity index (χ1n) is 22.1. The van der Waals surface area contributed by atoms with Gasteiger partial charge in [0.25, 0.3) is 5.91 Å². The van der Waals surface area contributed by atoms with E-state index < -0.39 is 30.1 Å². The second-order valence-corrected chi connectivity index (χ2v) is 17.3. The van der Waals surface area contributed by atoms with Gasteiger partial charge < -0.3 is 20.4 Å². The number of anilines is 4. The zero-order chi connectivity index (χ0) is 44.5. The highest BCUT2D eigenvalue weighted by Gasteiger charge is 2.39. The lowest BCUT2D eigenvalue weighted by Gasteiger charge is -2.36. The van der Waals surface area contributed by atoms with Gasteiger partial charge in [0.1, 0.15) is 12.2 Å². The highest BCUT2D eigenvalue weighted by Crippen LogP contribution is 2.40. The zero-order valence-corrected chi connectivity index (χ0v) is 36.0. The number of aromatic nitrogens is 6. The number of imide groups is 1. The van der Waals surface area contributed by atoms with Crippen molar-refractivity contribution in [1.29, 1.82) is 0 Å². The molecule has 17 heteroatoms. The Balaban J connectivity index is 0.732. The number of piperidine rings is 1. The van der Waals surface area contributed by atoms with Crippen molar-refractivity contribution in [3.8, 4) is 22.4 Å². The second kappa shape index (κ2) is 16.0. The van der Waals surface area contributed by atoms with Crippen molar-refractivity contribution in [3.63, 3.8) is 0 Å². The van der Waals surface area contributed by atoms with Crippen LogP contribution in [0, 0.1) is 0 Å². The van der Waals surface area contributed by atoms with Crippen LogP contribution in [0.5, 0.6) is 0 Å². The average Bonchev–Trinajstić information content (AvgIpc) is 3.60. The van der Waals surface area contributed by atoms with Crippen LogP contribution in [-0.4, -0.2) is 103 Å². The second-order valence-electron chi connectivity index (χ2n) is 17.3. The summed E-state index contributed by atoms with van der Waals surface area (Å²) in [6, 6.07) is 25.7. The normalized spacial score (nSPS) is 19.8. The Hall–Kier alpha value is -7.40. The molecule has 16 nitrogen and oxygen atoms in total. The van der Waals surface area contributed by atoms with Gasteiger partial charge in [-0.05, 0) is 71.5 Å². The van der Waals surface area contributed by atoms with Crippen molar-refractivity contribution in [2.45, 2.75) is 50.5 Å². The Morgan fingerprint density at radius 3 is 2.42 bits per heavy atom. The Kier molecular flexibility index (Phi) is 9.93. The molecule has 4 aromatic heterocycles. The number of hydrogen-bond acceptors (Lipinski definition) is 11. The topological polar surface area (TPSA) is 167 Å². The SMILES string of the molecule is CNc1cc(N2CCc3c(-c4ccc(CN5CCN(c6ccc(-c7ccc8c(c7)n(C)c(=O)n8C7CCC(=O)NC7=O)cc6)CC5)cn4)cccc32)nn2c(C(=O)N[C@@H]3C[C@@H]3F)cnc12. The number of carbonyl (C=O) groups is 3. The van der Waals surface area contributed by atoms with Gasteiger partial charge in [0, 0.05) is 95.4 Å². The van der Waals surface area contributed by atoms with E-state index in [1.54, 1.807) is 11.6 Å². The van der Waals surface area contributed by atoms with Gasteiger partial charge in [-0.2, -0.15) is 0 Å². The molecule has 3 aromatic carbocycles. The maximum Gasteiger partial charge on any atom is 0.329 e. The smallest absolute Gasteiger partial charge is 0.329 e. The number of rotatable bonds is 10. The highest BCUT2D eigenvalue weighted by atomic mass is 19.1. The van der Waals surface area contributed by atoms with Crippen LogP contribution in [0.2, 0.25) is 0 Å². The quantitative estimate of drug-likeness (QED) is 0.159. The van der Waals surface area contributed by atoms with E-state index in [-0.39, 0.29) is 23.7 Å². The molecular weight excluding hydrogens is 828 g/mol. The summed E-state index contributed by atoms with van der Waals surface area (Å²) in [4.78, 5) is 67.1. The molecule has 7 heterocycles. The molecule has 3 N–H and O–H groups in total. The Morgan fingerprint density at radius 2 is 1.68 bits per heavy atom. The van der Waals surface area contributed by atoms with E-state index >= 15 is 0 Å². The van der Waals surface area contributed by atoms with Gasteiger partial charge >= 0.3 is 5.69 Å². The number of imidazole rings is 2.